The van der Waals surface area contributed by atoms with Crippen LogP contribution in [-0.4, -0.2) is 62.2 Å². The summed E-state index contributed by atoms with van der Waals surface area (Å²) in [7, 11) is 1.50. The number of anilines is 1. The fourth-order valence-corrected chi connectivity index (χ4v) is 4.92. The molecule has 49 heavy (non-hydrogen) atoms. The number of methoxy groups -OCH3 is 1. The molecule has 11 heteroatoms. The van der Waals surface area contributed by atoms with E-state index in [9.17, 15) is 24.6 Å². The fraction of sp³-hybridized carbons (Fsp3) is 0.289. The van der Waals surface area contributed by atoms with E-state index < -0.39 is 35.3 Å². The summed E-state index contributed by atoms with van der Waals surface area (Å²) < 4.78 is 27.7. The summed E-state index contributed by atoms with van der Waals surface area (Å²) in [4.78, 5) is 41.4. The molecule has 0 aliphatic heterocycles. The molecule has 11 nitrogen and oxygen atoms in total. The van der Waals surface area contributed by atoms with Crippen molar-refractivity contribution in [2.75, 3.05) is 44.9 Å². The molecule has 4 aromatic rings. The number of allylic oxidation sites excluding steroid dienone is 2. The zero-order chi connectivity index (χ0) is 35.3. The lowest BCUT2D eigenvalue weighted by Gasteiger charge is -2.24. The van der Waals surface area contributed by atoms with Crippen LogP contribution in [0.15, 0.2) is 81.5 Å². The maximum Gasteiger partial charge on any atom is 0.312 e. The highest BCUT2D eigenvalue weighted by Gasteiger charge is 2.26. The van der Waals surface area contributed by atoms with E-state index >= 15 is 0 Å². The lowest BCUT2D eigenvalue weighted by Crippen LogP contribution is -2.31. The number of aromatic hydroxyl groups is 2. The summed E-state index contributed by atoms with van der Waals surface area (Å²) in [6.07, 6.45) is 6.59. The first kappa shape index (κ1) is 36.1. The largest absolute Gasteiger partial charge is 0.507 e. The van der Waals surface area contributed by atoms with Gasteiger partial charge in [0.1, 0.15) is 41.4 Å². The maximum absolute atomic E-state index is 13.8. The summed E-state index contributed by atoms with van der Waals surface area (Å²) in [5, 5.41) is 21.1. The number of rotatable bonds is 16. The Hall–Kier alpha value is -5.73. The number of nitrogens with zero attached hydrogens (tertiary/aromatic N) is 1. The van der Waals surface area contributed by atoms with Gasteiger partial charge in [0.25, 0.3) is 0 Å². The van der Waals surface area contributed by atoms with Crippen molar-refractivity contribution in [3.8, 4) is 46.7 Å². The van der Waals surface area contributed by atoms with Gasteiger partial charge in [0, 0.05) is 29.4 Å². The van der Waals surface area contributed by atoms with Crippen LogP contribution in [0.4, 0.5) is 5.69 Å². The Morgan fingerprint density at radius 1 is 0.959 bits per heavy atom. The van der Waals surface area contributed by atoms with Gasteiger partial charge < -0.3 is 38.5 Å². The summed E-state index contributed by atoms with van der Waals surface area (Å²) in [5.41, 5.74) is 1.63. The van der Waals surface area contributed by atoms with Crippen LogP contribution in [0.3, 0.4) is 0 Å². The lowest BCUT2D eigenvalue weighted by atomic mass is 10.0. The van der Waals surface area contributed by atoms with Crippen molar-refractivity contribution >= 4 is 28.6 Å². The second kappa shape index (κ2) is 17.4. The van der Waals surface area contributed by atoms with E-state index in [1.807, 2.05) is 55.2 Å². The molecule has 4 rings (SSSR count). The van der Waals surface area contributed by atoms with Gasteiger partial charge in [0.2, 0.25) is 11.2 Å². The Morgan fingerprint density at radius 3 is 2.33 bits per heavy atom. The zero-order valence-electron chi connectivity index (χ0n) is 27.7. The third-order valence-electron chi connectivity index (χ3n) is 7.44. The normalized spacial score (nSPS) is 10.7. The van der Waals surface area contributed by atoms with Gasteiger partial charge >= 0.3 is 11.9 Å². The number of phenols is 2. The number of carbonyl (C=O) groups excluding carboxylic acids is 2. The molecule has 0 unspecified atom stereocenters. The monoisotopic (exact) mass is 669 g/mol. The highest BCUT2D eigenvalue weighted by atomic mass is 16.5. The van der Waals surface area contributed by atoms with Crippen molar-refractivity contribution in [2.45, 2.75) is 33.1 Å². The van der Waals surface area contributed by atoms with E-state index in [4.69, 9.17) is 29.8 Å². The molecular weight excluding hydrogens is 630 g/mol. The summed E-state index contributed by atoms with van der Waals surface area (Å²) >= 11 is 0. The molecule has 0 fully saturated rings. The van der Waals surface area contributed by atoms with E-state index in [1.54, 1.807) is 24.3 Å². The second-order valence-electron chi connectivity index (χ2n) is 11.2. The van der Waals surface area contributed by atoms with Crippen molar-refractivity contribution in [3.05, 3.63) is 88.1 Å². The summed E-state index contributed by atoms with van der Waals surface area (Å²) in [5.74, 6) is 0.0415. The van der Waals surface area contributed by atoms with E-state index in [-0.39, 0.29) is 54.1 Å². The highest BCUT2D eigenvalue weighted by molar-refractivity contribution is 5.92. The number of fused-ring (bicyclic) bond motifs is 1. The van der Waals surface area contributed by atoms with Gasteiger partial charge in [-0.25, -0.2) is 0 Å². The van der Waals surface area contributed by atoms with Gasteiger partial charge in [-0.2, -0.15) is 0 Å². The molecule has 0 aliphatic carbocycles. The quantitative estimate of drug-likeness (QED) is 0.0649. The second-order valence-corrected chi connectivity index (χ2v) is 11.2. The number of para-hydroxylation sites is 1. The van der Waals surface area contributed by atoms with Crippen LogP contribution in [0.1, 0.15) is 32.3 Å². The molecule has 1 heterocycles. The molecule has 0 bridgehead atoms. The maximum atomic E-state index is 13.8. The Morgan fingerprint density at radius 2 is 1.65 bits per heavy atom. The third-order valence-corrected chi connectivity index (χ3v) is 7.44. The van der Waals surface area contributed by atoms with Crippen molar-refractivity contribution in [1.82, 2.24) is 0 Å². The van der Waals surface area contributed by atoms with Crippen LogP contribution in [0.5, 0.6) is 23.0 Å². The molecular formula is C38H39NO10. The van der Waals surface area contributed by atoms with Gasteiger partial charge in [-0.3, -0.25) is 14.4 Å². The van der Waals surface area contributed by atoms with Crippen LogP contribution >= 0.6 is 0 Å². The van der Waals surface area contributed by atoms with Crippen molar-refractivity contribution < 1.29 is 43.2 Å². The van der Waals surface area contributed by atoms with Crippen molar-refractivity contribution in [2.24, 2.45) is 0 Å². The molecule has 0 atom stereocenters. The number of esters is 2. The molecule has 0 radical (unpaired) electrons. The number of carbonyl (C=O) groups is 2. The predicted molar refractivity (Wildman–Crippen MR) is 185 cm³/mol. The van der Waals surface area contributed by atoms with Crippen molar-refractivity contribution in [1.29, 1.82) is 0 Å². The van der Waals surface area contributed by atoms with Gasteiger partial charge in [-0.1, -0.05) is 35.8 Å². The van der Waals surface area contributed by atoms with Crippen LogP contribution < -0.4 is 19.8 Å². The molecule has 0 saturated heterocycles. The SMILES string of the molecule is C#CCOCCN(CCOC(=O)CCC(=O)Oc1c(-c2ccc(OC)cc2)oc2c(CC=C(C)C)c(O)cc(O)c2c1=O)c1ccccc1. The minimum Gasteiger partial charge on any atom is -0.507 e. The summed E-state index contributed by atoms with van der Waals surface area (Å²) in [6, 6.07) is 17.1. The molecule has 3 aromatic carbocycles. The topological polar surface area (TPSA) is 145 Å². The highest BCUT2D eigenvalue weighted by Crippen LogP contribution is 2.39. The van der Waals surface area contributed by atoms with Crippen LogP contribution in [0.25, 0.3) is 22.3 Å². The number of phenolic OH excluding ortho intramolecular Hbond substituents is 2. The third kappa shape index (κ3) is 9.65. The average Bonchev–Trinajstić information content (AvgIpc) is 3.09. The van der Waals surface area contributed by atoms with E-state index in [2.05, 4.69) is 5.92 Å². The Kier molecular flexibility index (Phi) is 12.8. The Labute approximate surface area is 284 Å². The predicted octanol–water partition coefficient (Wildman–Crippen LogP) is 5.77. The molecule has 0 saturated carbocycles. The molecule has 0 spiro atoms. The fourth-order valence-electron chi connectivity index (χ4n) is 4.92. The van der Waals surface area contributed by atoms with E-state index in [0.29, 0.717) is 31.0 Å². The number of hydrogen-bond acceptors (Lipinski definition) is 11. The van der Waals surface area contributed by atoms with Gasteiger partial charge in [-0.15, -0.1) is 6.42 Å². The van der Waals surface area contributed by atoms with E-state index in [0.717, 1.165) is 17.3 Å². The minimum atomic E-state index is -0.891. The lowest BCUT2D eigenvalue weighted by molar-refractivity contribution is -0.146. The smallest absolute Gasteiger partial charge is 0.312 e. The number of ether oxygens (including phenoxy) is 4. The van der Waals surface area contributed by atoms with Crippen LogP contribution in [0, 0.1) is 12.3 Å². The number of hydrogen-bond donors (Lipinski definition) is 2. The van der Waals surface area contributed by atoms with Gasteiger partial charge in [0.15, 0.2) is 5.76 Å². The standard InChI is InChI=1S/C38H39NO10/c1-5-21-46-22-19-39(27-9-7-6-8-10-27)20-23-47-32(42)17-18-33(43)48-38-35(44)34-31(41)24-30(40)29(16-11-25(2)3)37(34)49-36(38)26-12-14-28(45-4)15-13-26/h1,6-15,24,40-41H,16-23H2,2-4H3. The Balaban J connectivity index is 1.51. The molecule has 2 N–H and O–H groups in total. The number of benzene rings is 3. The van der Waals surface area contributed by atoms with Crippen molar-refractivity contribution in [3.63, 3.8) is 0 Å². The average molecular weight is 670 g/mol. The summed E-state index contributed by atoms with van der Waals surface area (Å²) in [6.45, 7) is 5.28. The molecule has 0 aliphatic rings. The molecule has 256 valence electrons. The first-order valence-corrected chi connectivity index (χ1v) is 15.6. The van der Waals surface area contributed by atoms with Crippen LogP contribution in [0.2, 0.25) is 0 Å². The zero-order valence-corrected chi connectivity index (χ0v) is 27.7. The number of terminal acetylenes is 1. The van der Waals surface area contributed by atoms with Gasteiger partial charge in [0.05, 0.1) is 33.1 Å². The molecule has 0 amide bonds. The van der Waals surface area contributed by atoms with E-state index in [1.165, 1.54) is 7.11 Å². The van der Waals surface area contributed by atoms with Gasteiger partial charge in [-0.05, 0) is 56.7 Å². The molecule has 1 aromatic heterocycles. The first-order chi connectivity index (χ1) is 23.6. The first-order valence-electron chi connectivity index (χ1n) is 15.6. The Bertz CT molecular complexity index is 1880. The van der Waals surface area contributed by atoms with Crippen LogP contribution in [-0.2, 0) is 25.5 Å². The minimum absolute atomic E-state index is 0.0506.